The maximum Gasteiger partial charge on any atom is 0.254 e. The van der Waals surface area contributed by atoms with Gasteiger partial charge >= 0.3 is 0 Å². The van der Waals surface area contributed by atoms with Gasteiger partial charge in [0, 0.05) is 17.4 Å². The molecule has 3 atom stereocenters. The summed E-state index contributed by atoms with van der Waals surface area (Å²) in [6.45, 7) is 6.39. The molecule has 3 aromatic carbocycles. The van der Waals surface area contributed by atoms with Gasteiger partial charge in [-0.05, 0) is 41.5 Å². The normalized spacial score (nSPS) is 16.3. The second kappa shape index (κ2) is 12.1. The summed E-state index contributed by atoms with van der Waals surface area (Å²) in [6, 6.07) is 24.5. The first-order valence-electron chi connectivity index (χ1n) is 13.4. The van der Waals surface area contributed by atoms with Gasteiger partial charge in [-0.15, -0.1) is 0 Å². The van der Waals surface area contributed by atoms with E-state index >= 15 is 0 Å². The Morgan fingerprint density at radius 1 is 0.895 bits per heavy atom. The van der Waals surface area contributed by atoms with E-state index in [0.29, 0.717) is 19.4 Å². The molecule has 0 bridgehead atoms. The highest BCUT2D eigenvalue weighted by Gasteiger charge is 2.38. The third-order valence-electron chi connectivity index (χ3n) is 7.25. The van der Waals surface area contributed by atoms with Crippen molar-refractivity contribution in [1.29, 1.82) is 0 Å². The van der Waals surface area contributed by atoms with Gasteiger partial charge in [0.2, 0.25) is 11.8 Å². The molecule has 198 valence electrons. The van der Waals surface area contributed by atoms with Crippen LogP contribution in [0.5, 0.6) is 0 Å². The molecule has 0 spiro atoms. The number of rotatable bonds is 10. The lowest BCUT2D eigenvalue weighted by molar-refractivity contribution is -0.136. The van der Waals surface area contributed by atoms with Crippen LogP contribution in [0.4, 0.5) is 5.69 Å². The van der Waals surface area contributed by atoms with Crippen LogP contribution in [0.1, 0.15) is 57.2 Å². The molecule has 0 saturated carbocycles. The van der Waals surface area contributed by atoms with E-state index in [1.165, 1.54) is 0 Å². The summed E-state index contributed by atoms with van der Waals surface area (Å²) >= 11 is 0. The summed E-state index contributed by atoms with van der Waals surface area (Å²) in [7, 11) is 0. The molecule has 6 nitrogen and oxygen atoms in total. The molecule has 6 heteroatoms. The molecular formula is C32H37N3O3. The SMILES string of the molecule is CCC[C@H](C(N)=O)[C@@H](CC(C)C)C(=O)NC1C(=O)N(Cc2ccccc2)c2ccccc2-c2ccccc21. The number of carbonyl (C=O) groups is 3. The molecule has 1 heterocycles. The number of nitrogens with zero attached hydrogens (tertiary/aromatic N) is 1. The van der Waals surface area contributed by atoms with E-state index in [1.807, 2.05) is 99.6 Å². The smallest absolute Gasteiger partial charge is 0.254 e. The van der Waals surface area contributed by atoms with Crippen LogP contribution >= 0.6 is 0 Å². The summed E-state index contributed by atoms with van der Waals surface area (Å²) in [5.74, 6) is -2.01. The van der Waals surface area contributed by atoms with Crippen molar-refractivity contribution in [2.75, 3.05) is 4.90 Å². The van der Waals surface area contributed by atoms with Crippen LogP contribution in [0, 0.1) is 17.8 Å². The molecule has 3 aromatic rings. The zero-order valence-electron chi connectivity index (χ0n) is 22.4. The predicted octanol–water partition coefficient (Wildman–Crippen LogP) is 5.62. The Labute approximate surface area is 225 Å². The largest absolute Gasteiger partial charge is 0.369 e. The second-order valence-electron chi connectivity index (χ2n) is 10.5. The lowest BCUT2D eigenvalue weighted by Crippen LogP contribution is -2.47. The first-order valence-corrected chi connectivity index (χ1v) is 13.4. The Balaban J connectivity index is 1.78. The number of para-hydroxylation sites is 1. The number of amides is 3. The van der Waals surface area contributed by atoms with E-state index in [1.54, 1.807) is 4.90 Å². The van der Waals surface area contributed by atoms with Crippen LogP contribution in [0.15, 0.2) is 78.9 Å². The third kappa shape index (κ3) is 5.80. The van der Waals surface area contributed by atoms with Gasteiger partial charge in [0.25, 0.3) is 5.91 Å². The van der Waals surface area contributed by atoms with Crippen LogP contribution in [0.3, 0.4) is 0 Å². The topological polar surface area (TPSA) is 92.5 Å². The molecule has 38 heavy (non-hydrogen) atoms. The van der Waals surface area contributed by atoms with Crippen LogP contribution in [0.2, 0.25) is 0 Å². The molecule has 3 amide bonds. The Morgan fingerprint density at radius 2 is 1.53 bits per heavy atom. The van der Waals surface area contributed by atoms with E-state index < -0.39 is 23.8 Å². The van der Waals surface area contributed by atoms with E-state index in [2.05, 4.69) is 5.32 Å². The first-order chi connectivity index (χ1) is 18.3. The zero-order chi connectivity index (χ0) is 27.2. The minimum Gasteiger partial charge on any atom is -0.369 e. The molecule has 0 fully saturated rings. The Morgan fingerprint density at radius 3 is 2.18 bits per heavy atom. The van der Waals surface area contributed by atoms with Crippen molar-refractivity contribution in [3.63, 3.8) is 0 Å². The molecule has 1 aliphatic rings. The number of nitrogens with one attached hydrogen (secondary N) is 1. The number of carbonyl (C=O) groups excluding carboxylic acids is 3. The van der Waals surface area contributed by atoms with Crippen molar-refractivity contribution in [1.82, 2.24) is 5.32 Å². The fraction of sp³-hybridized carbons (Fsp3) is 0.344. The summed E-state index contributed by atoms with van der Waals surface area (Å²) in [6.07, 6.45) is 1.78. The molecule has 0 aromatic heterocycles. The molecule has 0 radical (unpaired) electrons. The highest BCUT2D eigenvalue weighted by Crippen LogP contribution is 2.41. The van der Waals surface area contributed by atoms with Gasteiger partial charge in [-0.25, -0.2) is 0 Å². The fourth-order valence-electron chi connectivity index (χ4n) is 5.47. The average Bonchev–Trinajstić information content (AvgIpc) is 3.00. The van der Waals surface area contributed by atoms with Crippen LogP contribution in [-0.4, -0.2) is 17.7 Å². The number of anilines is 1. The molecule has 1 unspecified atom stereocenters. The monoisotopic (exact) mass is 511 g/mol. The van der Waals surface area contributed by atoms with Crippen molar-refractivity contribution in [2.24, 2.45) is 23.5 Å². The predicted molar refractivity (Wildman–Crippen MR) is 151 cm³/mol. The lowest BCUT2D eigenvalue weighted by Gasteiger charge is -2.30. The second-order valence-corrected chi connectivity index (χ2v) is 10.5. The van der Waals surface area contributed by atoms with Crippen molar-refractivity contribution in [3.8, 4) is 11.1 Å². The van der Waals surface area contributed by atoms with Crippen molar-refractivity contribution < 1.29 is 14.4 Å². The summed E-state index contributed by atoms with van der Waals surface area (Å²) in [4.78, 5) is 42.3. The average molecular weight is 512 g/mol. The van der Waals surface area contributed by atoms with E-state index in [4.69, 9.17) is 5.73 Å². The number of hydrogen-bond acceptors (Lipinski definition) is 3. The maximum atomic E-state index is 14.3. The molecular weight excluding hydrogens is 474 g/mol. The first kappa shape index (κ1) is 27.1. The van der Waals surface area contributed by atoms with Crippen molar-refractivity contribution in [2.45, 2.75) is 52.6 Å². The number of hydrogen-bond donors (Lipinski definition) is 2. The van der Waals surface area contributed by atoms with Gasteiger partial charge in [0.05, 0.1) is 12.2 Å². The van der Waals surface area contributed by atoms with Crippen LogP contribution in [-0.2, 0) is 20.9 Å². The van der Waals surface area contributed by atoms with Crippen molar-refractivity contribution >= 4 is 23.4 Å². The minimum absolute atomic E-state index is 0.181. The minimum atomic E-state index is -0.903. The summed E-state index contributed by atoms with van der Waals surface area (Å²) in [5, 5.41) is 3.08. The Bertz CT molecular complexity index is 1290. The van der Waals surface area contributed by atoms with Gasteiger partial charge in [0.15, 0.2) is 0 Å². The maximum absolute atomic E-state index is 14.3. The number of primary amides is 1. The van der Waals surface area contributed by atoms with Gasteiger partial charge in [-0.2, -0.15) is 0 Å². The molecule has 4 rings (SSSR count). The zero-order valence-corrected chi connectivity index (χ0v) is 22.4. The quantitative estimate of drug-likeness (QED) is 0.370. The number of benzene rings is 3. The molecule has 1 aliphatic heterocycles. The highest BCUT2D eigenvalue weighted by molar-refractivity contribution is 6.06. The Kier molecular flexibility index (Phi) is 8.62. The lowest BCUT2D eigenvalue weighted by atomic mass is 9.81. The van der Waals surface area contributed by atoms with Gasteiger partial charge < -0.3 is 16.0 Å². The summed E-state index contributed by atoms with van der Waals surface area (Å²) in [5.41, 5.74) is 10.1. The van der Waals surface area contributed by atoms with Gasteiger partial charge in [-0.1, -0.05) is 100.0 Å². The highest BCUT2D eigenvalue weighted by atomic mass is 16.2. The fourth-order valence-corrected chi connectivity index (χ4v) is 5.47. The van der Waals surface area contributed by atoms with Crippen molar-refractivity contribution in [3.05, 3.63) is 90.0 Å². The summed E-state index contributed by atoms with van der Waals surface area (Å²) < 4.78 is 0. The van der Waals surface area contributed by atoms with E-state index in [0.717, 1.165) is 34.4 Å². The molecule has 0 saturated heterocycles. The van der Waals surface area contributed by atoms with Gasteiger partial charge in [-0.3, -0.25) is 14.4 Å². The van der Waals surface area contributed by atoms with E-state index in [9.17, 15) is 14.4 Å². The Hall–Kier alpha value is -3.93. The van der Waals surface area contributed by atoms with E-state index in [-0.39, 0.29) is 17.7 Å². The standard InChI is InChI=1S/C32H37N3O3/c1-4-12-26(30(33)36)27(19-21(2)3)31(37)34-29-25-17-9-8-15-23(25)24-16-10-11-18-28(24)35(32(29)38)20-22-13-6-5-7-14-22/h5-11,13-18,21,26-27,29H,4,12,19-20H2,1-3H3,(H2,33,36)(H,34,37)/t26-,27+,29?/m0/s1. The van der Waals surface area contributed by atoms with Gasteiger partial charge in [0.1, 0.15) is 6.04 Å². The third-order valence-corrected chi connectivity index (χ3v) is 7.25. The van der Waals surface area contributed by atoms with Crippen LogP contribution < -0.4 is 16.0 Å². The molecule has 3 N–H and O–H groups in total. The van der Waals surface area contributed by atoms with Crippen LogP contribution in [0.25, 0.3) is 11.1 Å². The number of fused-ring (bicyclic) bond motifs is 3. The molecule has 0 aliphatic carbocycles. The number of nitrogens with two attached hydrogens (primary N) is 1.